The number of hydrogen-bond donors (Lipinski definition) is 2. The summed E-state index contributed by atoms with van der Waals surface area (Å²) in [5.41, 5.74) is 1.42. The predicted molar refractivity (Wildman–Crippen MR) is 87.5 cm³/mol. The first-order valence-corrected chi connectivity index (χ1v) is 7.65. The van der Waals surface area contributed by atoms with Gasteiger partial charge in [-0.2, -0.15) is 0 Å². The van der Waals surface area contributed by atoms with Crippen LogP contribution >= 0.6 is 0 Å². The van der Waals surface area contributed by atoms with Crippen molar-refractivity contribution in [1.82, 2.24) is 0 Å². The predicted octanol–water partition coefficient (Wildman–Crippen LogP) is 2.43. The second-order valence-corrected chi connectivity index (χ2v) is 6.53. The van der Waals surface area contributed by atoms with E-state index in [9.17, 15) is 14.4 Å². The third-order valence-corrected chi connectivity index (χ3v) is 4.04. The summed E-state index contributed by atoms with van der Waals surface area (Å²) < 4.78 is 0. The summed E-state index contributed by atoms with van der Waals surface area (Å²) in [5, 5.41) is 11.8. The Kier molecular flexibility index (Phi) is 4.73. The second kappa shape index (κ2) is 6.40. The Labute approximate surface area is 135 Å². The Morgan fingerprint density at radius 2 is 2.00 bits per heavy atom. The molecule has 6 heteroatoms. The van der Waals surface area contributed by atoms with E-state index in [4.69, 9.17) is 5.11 Å². The minimum atomic E-state index is -1.11. The molecule has 2 amide bonds. The third kappa shape index (κ3) is 3.88. The van der Waals surface area contributed by atoms with Gasteiger partial charge in [0.05, 0.1) is 5.41 Å². The topological polar surface area (TPSA) is 86.7 Å². The summed E-state index contributed by atoms with van der Waals surface area (Å²) in [6.45, 7) is 5.29. The molecule has 1 aliphatic heterocycles. The standard InChI is InChI=1S/C17H22N2O4/c1-11(20)19-8-4-5-12-9-13(6-7-14(12)19)18-15(21)10-17(2,3)16(22)23/h6-7,9H,4-5,8,10H2,1-3H3,(H,18,21)(H,22,23). The van der Waals surface area contributed by atoms with Crippen molar-refractivity contribution in [1.29, 1.82) is 0 Å². The highest BCUT2D eigenvalue weighted by molar-refractivity contribution is 5.96. The van der Waals surface area contributed by atoms with Crippen molar-refractivity contribution in [2.75, 3.05) is 16.8 Å². The van der Waals surface area contributed by atoms with E-state index < -0.39 is 11.4 Å². The second-order valence-electron chi connectivity index (χ2n) is 6.53. The van der Waals surface area contributed by atoms with Crippen molar-refractivity contribution >= 4 is 29.2 Å². The molecule has 0 saturated carbocycles. The molecule has 0 aliphatic carbocycles. The number of carbonyl (C=O) groups excluding carboxylic acids is 2. The van der Waals surface area contributed by atoms with Crippen LogP contribution in [0.15, 0.2) is 18.2 Å². The van der Waals surface area contributed by atoms with Crippen LogP contribution < -0.4 is 10.2 Å². The van der Waals surface area contributed by atoms with Gasteiger partial charge in [0.15, 0.2) is 0 Å². The fourth-order valence-electron chi connectivity index (χ4n) is 2.68. The number of hydrogen-bond acceptors (Lipinski definition) is 3. The molecule has 0 saturated heterocycles. The van der Waals surface area contributed by atoms with Gasteiger partial charge in [-0.15, -0.1) is 0 Å². The molecule has 0 radical (unpaired) electrons. The average Bonchev–Trinajstić information content (AvgIpc) is 2.45. The zero-order chi connectivity index (χ0) is 17.2. The molecule has 0 atom stereocenters. The van der Waals surface area contributed by atoms with Gasteiger partial charge in [-0.25, -0.2) is 0 Å². The quantitative estimate of drug-likeness (QED) is 0.892. The van der Waals surface area contributed by atoms with Gasteiger partial charge in [-0.3, -0.25) is 14.4 Å². The van der Waals surface area contributed by atoms with Crippen molar-refractivity contribution in [3.05, 3.63) is 23.8 Å². The van der Waals surface area contributed by atoms with Crippen LogP contribution in [0.3, 0.4) is 0 Å². The first-order chi connectivity index (χ1) is 10.7. The van der Waals surface area contributed by atoms with E-state index in [2.05, 4.69) is 5.32 Å². The number of nitrogens with zero attached hydrogens (tertiary/aromatic N) is 1. The van der Waals surface area contributed by atoms with Crippen LogP contribution in [-0.4, -0.2) is 29.4 Å². The Morgan fingerprint density at radius 3 is 2.61 bits per heavy atom. The van der Waals surface area contributed by atoms with Gasteiger partial charge in [0, 0.05) is 31.3 Å². The summed E-state index contributed by atoms with van der Waals surface area (Å²) in [6.07, 6.45) is 1.64. The van der Waals surface area contributed by atoms with Crippen LogP contribution in [0, 0.1) is 5.41 Å². The lowest BCUT2D eigenvalue weighted by atomic mass is 9.89. The summed E-state index contributed by atoms with van der Waals surface area (Å²) >= 11 is 0. The SMILES string of the molecule is CC(=O)N1CCCc2cc(NC(=O)CC(C)(C)C(=O)O)ccc21. The fraction of sp³-hybridized carbons (Fsp3) is 0.471. The molecular formula is C17H22N2O4. The Balaban J connectivity index is 2.12. The molecule has 0 spiro atoms. The van der Waals surface area contributed by atoms with E-state index in [1.807, 2.05) is 12.1 Å². The minimum Gasteiger partial charge on any atom is -0.481 e. The number of aliphatic carboxylic acids is 1. The highest BCUT2D eigenvalue weighted by Gasteiger charge is 2.30. The lowest BCUT2D eigenvalue weighted by Gasteiger charge is -2.29. The molecule has 124 valence electrons. The Morgan fingerprint density at radius 1 is 1.30 bits per heavy atom. The van der Waals surface area contributed by atoms with Crippen molar-refractivity contribution in [3.63, 3.8) is 0 Å². The van der Waals surface area contributed by atoms with E-state index in [0.717, 1.165) is 24.1 Å². The molecule has 0 bridgehead atoms. The number of fused-ring (bicyclic) bond motifs is 1. The van der Waals surface area contributed by atoms with Crippen LogP contribution in [0.4, 0.5) is 11.4 Å². The van der Waals surface area contributed by atoms with Crippen molar-refractivity contribution in [2.45, 2.75) is 40.0 Å². The smallest absolute Gasteiger partial charge is 0.309 e. The van der Waals surface area contributed by atoms with Gasteiger partial charge in [0.1, 0.15) is 0 Å². The summed E-state index contributed by atoms with van der Waals surface area (Å²) in [6, 6.07) is 5.43. The van der Waals surface area contributed by atoms with E-state index in [1.54, 1.807) is 17.9 Å². The van der Waals surface area contributed by atoms with Gasteiger partial charge in [0.25, 0.3) is 0 Å². The van der Waals surface area contributed by atoms with Crippen LogP contribution in [0.5, 0.6) is 0 Å². The van der Waals surface area contributed by atoms with Gasteiger partial charge >= 0.3 is 5.97 Å². The number of carboxylic acids is 1. The van der Waals surface area contributed by atoms with Crippen LogP contribution in [0.2, 0.25) is 0 Å². The van der Waals surface area contributed by atoms with Crippen LogP contribution in [-0.2, 0) is 20.8 Å². The molecule has 1 aliphatic rings. The number of amides is 2. The molecule has 0 fully saturated rings. The highest BCUT2D eigenvalue weighted by Crippen LogP contribution is 2.30. The Hall–Kier alpha value is -2.37. The van der Waals surface area contributed by atoms with Gasteiger partial charge in [0.2, 0.25) is 11.8 Å². The normalized spacial score (nSPS) is 14.1. The van der Waals surface area contributed by atoms with Gasteiger partial charge < -0.3 is 15.3 Å². The maximum Gasteiger partial charge on any atom is 0.309 e. The Bertz CT molecular complexity index is 652. The zero-order valence-corrected chi connectivity index (χ0v) is 13.7. The zero-order valence-electron chi connectivity index (χ0n) is 13.7. The first-order valence-electron chi connectivity index (χ1n) is 7.65. The molecule has 1 aromatic rings. The molecule has 0 aromatic heterocycles. The minimum absolute atomic E-state index is 0.00550. The maximum absolute atomic E-state index is 12.0. The molecule has 6 nitrogen and oxygen atoms in total. The van der Waals surface area contributed by atoms with E-state index in [1.165, 1.54) is 13.8 Å². The van der Waals surface area contributed by atoms with Gasteiger partial charge in [-0.1, -0.05) is 0 Å². The molecule has 23 heavy (non-hydrogen) atoms. The third-order valence-electron chi connectivity index (χ3n) is 4.04. The van der Waals surface area contributed by atoms with E-state index in [-0.39, 0.29) is 18.2 Å². The monoisotopic (exact) mass is 318 g/mol. The molecule has 1 heterocycles. The number of anilines is 2. The van der Waals surface area contributed by atoms with Gasteiger partial charge in [-0.05, 0) is 50.5 Å². The maximum atomic E-state index is 12.0. The average molecular weight is 318 g/mol. The largest absolute Gasteiger partial charge is 0.481 e. The summed E-state index contributed by atoms with van der Waals surface area (Å²) in [7, 11) is 0. The molecule has 1 aromatic carbocycles. The van der Waals surface area contributed by atoms with Crippen molar-refractivity contribution in [3.8, 4) is 0 Å². The highest BCUT2D eigenvalue weighted by atomic mass is 16.4. The van der Waals surface area contributed by atoms with Crippen molar-refractivity contribution < 1.29 is 19.5 Å². The molecule has 2 rings (SSSR count). The van der Waals surface area contributed by atoms with E-state index in [0.29, 0.717) is 12.2 Å². The summed E-state index contributed by atoms with van der Waals surface area (Å²) in [5.74, 6) is -1.34. The lowest BCUT2D eigenvalue weighted by molar-refractivity contribution is -0.148. The number of carbonyl (C=O) groups is 3. The van der Waals surface area contributed by atoms with Crippen LogP contribution in [0.25, 0.3) is 0 Å². The van der Waals surface area contributed by atoms with Crippen LogP contribution in [0.1, 0.15) is 39.2 Å². The summed E-state index contributed by atoms with van der Waals surface area (Å²) in [4.78, 5) is 36.5. The lowest BCUT2D eigenvalue weighted by Crippen LogP contribution is -2.33. The number of benzene rings is 1. The molecular weight excluding hydrogens is 296 g/mol. The first kappa shape index (κ1) is 17.0. The fourth-order valence-corrected chi connectivity index (χ4v) is 2.68. The van der Waals surface area contributed by atoms with Crippen molar-refractivity contribution in [2.24, 2.45) is 5.41 Å². The number of rotatable bonds is 4. The molecule has 0 unspecified atom stereocenters. The number of aryl methyl sites for hydroxylation is 1. The number of carboxylic acid groups (broad SMARTS) is 1. The molecule has 2 N–H and O–H groups in total. The van der Waals surface area contributed by atoms with E-state index >= 15 is 0 Å². The number of nitrogens with one attached hydrogen (secondary N) is 1.